The number of nitrogens with one attached hydrogen (secondary N) is 1. The quantitative estimate of drug-likeness (QED) is 0.821. The van der Waals surface area contributed by atoms with Crippen molar-refractivity contribution in [1.29, 1.82) is 0 Å². The van der Waals surface area contributed by atoms with Gasteiger partial charge in [0.1, 0.15) is 0 Å². The normalized spacial score (nSPS) is 18.0. The summed E-state index contributed by atoms with van der Waals surface area (Å²) < 4.78 is 2.27. The van der Waals surface area contributed by atoms with Gasteiger partial charge in [0, 0.05) is 25.3 Å². The van der Waals surface area contributed by atoms with Crippen molar-refractivity contribution < 1.29 is 0 Å². The number of nitrogens with zero attached hydrogens (tertiary/aromatic N) is 2. The molecule has 1 N–H and O–H groups in total. The Morgan fingerprint density at radius 3 is 2.59 bits per heavy atom. The van der Waals surface area contributed by atoms with Gasteiger partial charge in [-0.15, -0.1) is 0 Å². The summed E-state index contributed by atoms with van der Waals surface area (Å²) in [5, 5.41) is 3.40. The van der Waals surface area contributed by atoms with E-state index in [0.717, 1.165) is 24.7 Å². The summed E-state index contributed by atoms with van der Waals surface area (Å²) in [5.41, 5.74) is 1.71. The lowest BCUT2D eigenvalue weighted by Crippen LogP contribution is -2.22. The van der Waals surface area contributed by atoms with Crippen LogP contribution in [-0.4, -0.2) is 15.6 Å². The van der Waals surface area contributed by atoms with Gasteiger partial charge in [-0.25, -0.2) is 4.98 Å². The van der Waals surface area contributed by atoms with Crippen molar-refractivity contribution in [3.05, 3.63) is 18.2 Å². The molecule has 0 aromatic carbocycles. The van der Waals surface area contributed by atoms with E-state index in [4.69, 9.17) is 0 Å². The molecule has 0 spiro atoms. The minimum absolute atomic E-state index is 0.519. The second kappa shape index (κ2) is 4.81. The standard InChI is InChI=1S/C14H25N3/c1-11(2)14(5-6-14)9-17-8-13(16-10-17)7-15-12(3)4/h8,10-12,15H,5-7,9H2,1-4H3. The molecule has 96 valence electrons. The Morgan fingerprint density at radius 1 is 1.35 bits per heavy atom. The maximum Gasteiger partial charge on any atom is 0.0950 e. The van der Waals surface area contributed by atoms with Gasteiger partial charge in [0.2, 0.25) is 0 Å². The SMILES string of the molecule is CC(C)NCc1cn(CC2(C(C)C)CC2)cn1. The highest BCUT2D eigenvalue weighted by atomic mass is 15.1. The van der Waals surface area contributed by atoms with Crippen molar-refractivity contribution in [3.63, 3.8) is 0 Å². The molecule has 0 saturated heterocycles. The topological polar surface area (TPSA) is 29.9 Å². The summed E-state index contributed by atoms with van der Waals surface area (Å²) in [6.07, 6.45) is 6.93. The zero-order valence-electron chi connectivity index (χ0n) is 11.5. The zero-order chi connectivity index (χ0) is 12.5. The monoisotopic (exact) mass is 235 g/mol. The van der Waals surface area contributed by atoms with Crippen molar-refractivity contribution in [1.82, 2.24) is 14.9 Å². The fraction of sp³-hybridized carbons (Fsp3) is 0.786. The molecule has 0 atom stereocenters. The van der Waals surface area contributed by atoms with Gasteiger partial charge in [-0.1, -0.05) is 27.7 Å². The highest BCUT2D eigenvalue weighted by Gasteiger charge is 2.45. The third-order valence-electron chi connectivity index (χ3n) is 3.99. The van der Waals surface area contributed by atoms with E-state index in [1.807, 2.05) is 6.33 Å². The average molecular weight is 235 g/mol. The van der Waals surface area contributed by atoms with Gasteiger partial charge in [0.05, 0.1) is 12.0 Å². The van der Waals surface area contributed by atoms with Gasteiger partial charge in [-0.2, -0.15) is 0 Å². The summed E-state index contributed by atoms with van der Waals surface area (Å²) in [4.78, 5) is 4.46. The predicted octanol–water partition coefficient (Wildman–Crippen LogP) is 2.82. The lowest BCUT2D eigenvalue weighted by Gasteiger charge is -2.19. The molecular formula is C14H25N3. The molecule has 0 amide bonds. The Balaban J connectivity index is 1.90. The van der Waals surface area contributed by atoms with Crippen LogP contribution in [0.15, 0.2) is 12.5 Å². The highest BCUT2D eigenvalue weighted by Crippen LogP contribution is 2.53. The first-order valence-corrected chi connectivity index (χ1v) is 6.76. The summed E-state index contributed by atoms with van der Waals surface area (Å²) >= 11 is 0. The predicted molar refractivity (Wildman–Crippen MR) is 70.7 cm³/mol. The molecule has 1 aromatic rings. The molecule has 0 aliphatic heterocycles. The molecule has 1 aromatic heterocycles. The minimum Gasteiger partial charge on any atom is -0.337 e. The minimum atomic E-state index is 0.519. The van der Waals surface area contributed by atoms with E-state index in [-0.39, 0.29) is 0 Å². The van der Waals surface area contributed by atoms with Crippen molar-refractivity contribution in [2.75, 3.05) is 0 Å². The molecule has 0 bridgehead atoms. The van der Waals surface area contributed by atoms with E-state index < -0.39 is 0 Å². The summed E-state index contributed by atoms with van der Waals surface area (Å²) in [7, 11) is 0. The van der Waals surface area contributed by atoms with Gasteiger partial charge in [-0.05, 0) is 24.2 Å². The van der Waals surface area contributed by atoms with Gasteiger partial charge in [-0.3, -0.25) is 0 Å². The molecule has 1 fully saturated rings. The van der Waals surface area contributed by atoms with Crippen molar-refractivity contribution in [2.45, 2.75) is 59.7 Å². The number of rotatable bonds is 6. The first-order chi connectivity index (χ1) is 8.02. The molecule has 2 rings (SSSR count). The third-order valence-corrected chi connectivity index (χ3v) is 3.99. The molecule has 17 heavy (non-hydrogen) atoms. The summed E-state index contributed by atoms with van der Waals surface area (Å²) in [6.45, 7) is 11.0. The maximum atomic E-state index is 4.46. The molecule has 0 radical (unpaired) electrons. The fourth-order valence-corrected chi connectivity index (χ4v) is 2.34. The Bertz CT molecular complexity index is 361. The van der Waals surface area contributed by atoms with Crippen LogP contribution in [0.5, 0.6) is 0 Å². The van der Waals surface area contributed by atoms with E-state index >= 15 is 0 Å². The van der Waals surface area contributed by atoms with Crippen LogP contribution in [0.25, 0.3) is 0 Å². The molecule has 3 heteroatoms. The Labute approximate surface area is 105 Å². The Morgan fingerprint density at radius 2 is 2.06 bits per heavy atom. The number of imidazole rings is 1. The van der Waals surface area contributed by atoms with Gasteiger partial charge in [0.15, 0.2) is 0 Å². The largest absolute Gasteiger partial charge is 0.337 e. The van der Waals surface area contributed by atoms with Crippen LogP contribution in [0.4, 0.5) is 0 Å². The fourth-order valence-electron chi connectivity index (χ4n) is 2.34. The second-order valence-electron chi connectivity index (χ2n) is 6.09. The van der Waals surface area contributed by atoms with Crippen LogP contribution >= 0.6 is 0 Å². The number of aromatic nitrogens is 2. The van der Waals surface area contributed by atoms with Crippen LogP contribution in [0, 0.1) is 11.3 Å². The molecule has 3 nitrogen and oxygen atoms in total. The number of hydrogen-bond donors (Lipinski definition) is 1. The maximum absolute atomic E-state index is 4.46. The Hall–Kier alpha value is -0.830. The average Bonchev–Trinajstić information content (AvgIpc) is 2.89. The molecule has 0 unspecified atom stereocenters. The molecule has 1 aliphatic carbocycles. The lowest BCUT2D eigenvalue weighted by molar-refractivity contribution is 0.308. The van der Waals surface area contributed by atoms with Crippen molar-refractivity contribution in [2.24, 2.45) is 11.3 Å². The third kappa shape index (κ3) is 3.09. The van der Waals surface area contributed by atoms with Crippen LogP contribution < -0.4 is 5.32 Å². The van der Waals surface area contributed by atoms with E-state index in [1.165, 1.54) is 12.8 Å². The molecular weight excluding hydrogens is 210 g/mol. The van der Waals surface area contributed by atoms with Crippen molar-refractivity contribution >= 4 is 0 Å². The van der Waals surface area contributed by atoms with E-state index in [0.29, 0.717) is 11.5 Å². The van der Waals surface area contributed by atoms with E-state index in [2.05, 4.69) is 48.8 Å². The first kappa shape index (κ1) is 12.6. The van der Waals surface area contributed by atoms with Crippen LogP contribution in [0.3, 0.4) is 0 Å². The Kier molecular flexibility index (Phi) is 3.57. The van der Waals surface area contributed by atoms with E-state index in [9.17, 15) is 0 Å². The highest BCUT2D eigenvalue weighted by molar-refractivity contribution is 5.01. The smallest absolute Gasteiger partial charge is 0.0950 e. The zero-order valence-corrected chi connectivity index (χ0v) is 11.5. The van der Waals surface area contributed by atoms with Gasteiger partial charge in [0.25, 0.3) is 0 Å². The van der Waals surface area contributed by atoms with Gasteiger partial charge < -0.3 is 9.88 Å². The van der Waals surface area contributed by atoms with E-state index in [1.54, 1.807) is 0 Å². The molecule has 1 aliphatic rings. The van der Waals surface area contributed by atoms with Crippen molar-refractivity contribution in [3.8, 4) is 0 Å². The first-order valence-electron chi connectivity index (χ1n) is 6.76. The van der Waals surface area contributed by atoms with Gasteiger partial charge >= 0.3 is 0 Å². The lowest BCUT2D eigenvalue weighted by atomic mass is 9.92. The van der Waals surface area contributed by atoms with Crippen LogP contribution in [-0.2, 0) is 13.1 Å². The number of hydrogen-bond acceptors (Lipinski definition) is 2. The van der Waals surface area contributed by atoms with Crippen LogP contribution in [0.2, 0.25) is 0 Å². The molecule has 1 saturated carbocycles. The summed E-state index contributed by atoms with van der Waals surface area (Å²) in [6, 6.07) is 0.519. The summed E-state index contributed by atoms with van der Waals surface area (Å²) in [5.74, 6) is 0.780. The molecule has 1 heterocycles. The van der Waals surface area contributed by atoms with Crippen LogP contribution in [0.1, 0.15) is 46.2 Å². The second-order valence-corrected chi connectivity index (χ2v) is 6.09.